The van der Waals surface area contributed by atoms with Crippen LogP contribution in [0.4, 0.5) is 18.0 Å². The highest BCUT2D eigenvalue weighted by atomic mass is 19.4. The predicted molar refractivity (Wildman–Crippen MR) is 98.6 cm³/mol. The lowest BCUT2D eigenvalue weighted by molar-refractivity contribution is -0.137. The van der Waals surface area contributed by atoms with Gasteiger partial charge in [0.25, 0.3) is 5.91 Å². The van der Waals surface area contributed by atoms with E-state index in [1.807, 2.05) is 6.92 Å². The van der Waals surface area contributed by atoms with Gasteiger partial charge in [0.15, 0.2) is 0 Å². The van der Waals surface area contributed by atoms with E-state index < -0.39 is 41.8 Å². The van der Waals surface area contributed by atoms with E-state index in [1.165, 1.54) is 12.1 Å². The molecular formula is C20H24F3N3O3. The number of alkyl halides is 3. The third-order valence-corrected chi connectivity index (χ3v) is 5.92. The molecule has 0 aromatic heterocycles. The van der Waals surface area contributed by atoms with Crippen molar-refractivity contribution in [1.82, 2.24) is 15.5 Å². The molecule has 1 spiro atoms. The number of hydrogen-bond donors (Lipinski definition) is 2. The number of amides is 4. The first-order chi connectivity index (χ1) is 13.5. The number of rotatable bonds is 4. The second kappa shape index (κ2) is 7.68. The van der Waals surface area contributed by atoms with Crippen LogP contribution in [0.25, 0.3) is 0 Å². The summed E-state index contributed by atoms with van der Waals surface area (Å²) >= 11 is 0. The fourth-order valence-electron chi connectivity index (χ4n) is 4.11. The van der Waals surface area contributed by atoms with E-state index in [0.717, 1.165) is 36.3 Å². The summed E-state index contributed by atoms with van der Waals surface area (Å²) in [6.07, 6.45) is -1.21. The van der Waals surface area contributed by atoms with Crippen molar-refractivity contribution in [3.05, 3.63) is 35.4 Å². The summed E-state index contributed by atoms with van der Waals surface area (Å²) in [4.78, 5) is 38.5. The minimum absolute atomic E-state index is 0.00756. The molecule has 1 aromatic carbocycles. The van der Waals surface area contributed by atoms with E-state index in [2.05, 4.69) is 10.6 Å². The Morgan fingerprint density at radius 2 is 1.93 bits per heavy atom. The van der Waals surface area contributed by atoms with E-state index in [1.54, 1.807) is 6.92 Å². The van der Waals surface area contributed by atoms with Gasteiger partial charge in [0, 0.05) is 0 Å². The first kappa shape index (κ1) is 21.1. The number of urea groups is 1. The maximum absolute atomic E-state index is 12.9. The SMILES string of the molecule is C[C@H](NC(=O)CN1C(=O)N[C@]2(CCCC[C@@H]2C)C1=O)c1ccc(C(F)(F)F)cc1. The molecule has 3 rings (SSSR count). The molecule has 3 atom stereocenters. The molecule has 1 saturated heterocycles. The van der Waals surface area contributed by atoms with E-state index in [9.17, 15) is 27.6 Å². The zero-order chi connectivity index (χ0) is 21.4. The van der Waals surface area contributed by atoms with E-state index in [-0.39, 0.29) is 11.8 Å². The van der Waals surface area contributed by atoms with Gasteiger partial charge in [-0.15, -0.1) is 0 Å². The molecule has 2 aliphatic rings. The minimum atomic E-state index is -4.43. The summed E-state index contributed by atoms with van der Waals surface area (Å²) in [6.45, 7) is 3.12. The molecule has 1 heterocycles. The van der Waals surface area contributed by atoms with Gasteiger partial charge >= 0.3 is 12.2 Å². The summed E-state index contributed by atoms with van der Waals surface area (Å²) in [5.41, 5.74) is -1.22. The molecule has 1 aliphatic heterocycles. The lowest BCUT2D eigenvalue weighted by atomic mass is 9.73. The highest BCUT2D eigenvalue weighted by molar-refractivity contribution is 6.09. The van der Waals surface area contributed by atoms with Crippen molar-refractivity contribution < 1.29 is 27.6 Å². The van der Waals surface area contributed by atoms with Crippen molar-refractivity contribution in [1.29, 1.82) is 0 Å². The van der Waals surface area contributed by atoms with Crippen molar-refractivity contribution in [3.8, 4) is 0 Å². The zero-order valence-corrected chi connectivity index (χ0v) is 16.3. The Hall–Kier alpha value is -2.58. The number of carbonyl (C=O) groups is 3. The molecule has 29 heavy (non-hydrogen) atoms. The second-order valence-electron chi connectivity index (χ2n) is 7.85. The van der Waals surface area contributed by atoms with Crippen molar-refractivity contribution in [2.45, 2.75) is 57.3 Å². The summed E-state index contributed by atoms with van der Waals surface area (Å²) in [5.74, 6) is -0.944. The van der Waals surface area contributed by atoms with Crippen molar-refractivity contribution in [3.63, 3.8) is 0 Å². The van der Waals surface area contributed by atoms with Crippen LogP contribution in [-0.2, 0) is 15.8 Å². The van der Waals surface area contributed by atoms with Gasteiger partial charge in [0.05, 0.1) is 11.6 Å². The summed E-state index contributed by atoms with van der Waals surface area (Å²) in [5, 5.41) is 5.41. The summed E-state index contributed by atoms with van der Waals surface area (Å²) < 4.78 is 38.0. The number of hydrogen-bond acceptors (Lipinski definition) is 3. The van der Waals surface area contributed by atoms with Crippen LogP contribution in [0.5, 0.6) is 0 Å². The molecule has 158 valence electrons. The van der Waals surface area contributed by atoms with Crippen LogP contribution in [0.2, 0.25) is 0 Å². The van der Waals surface area contributed by atoms with Gasteiger partial charge in [-0.2, -0.15) is 13.2 Å². The fourth-order valence-corrected chi connectivity index (χ4v) is 4.11. The fraction of sp³-hybridized carbons (Fsp3) is 0.550. The second-order valence-corrected chi connectivity index (χ2v) is 7.85. The maximum Gasteiger partial charge on any atom is 0.416 e. The van der Waals surface area contributed by atoms with Gasteiger partial charge in [-0.3, -0.25) is 14.5 Å². The lowest BCUT2D eigenvalue weighted by Gasteiger charge is -2.36. The van der Waals surface area contributed by atoms with Crippen LogP contribution in [0.3, 0.4) is 0 Å². The zero-order valence-electron chi connectivity index (χ0n) is 16.3. The Morgan fingerprint density at radius 1 is 1.28 bits per heavy atom. The molecule has 6 nitrogen and oxygen atoms in total. The number of halogens is 3. The first-order valence-electron chi connectivity index (χ1n) is 9.65. The highest BCUT2D eigenvalue weighted by Gasteiger charge is 2.55. The van der Waals surface area contributed by atoms with Crippen LogP contribution < -0.4 is 10.6 Å². The van der Waals surface area contributed by atoms with Crippen LogP contribution in [0.15, 0.2) is 24.3 Å². The number of nitrogens with one attached hydrogen (secondary N) is 2. The van der Waals surface area contributed by atoms with Gasteiger partial charge in [0.2, 0.25) is 5.91 Å². The third-order valence-electron chi connectivity index (χ3n) is 5.92. The van der Waals surface area contributed by atoms with Gasteiger partial charge in [-0.25, -0.2) is 4.79 Å². The monoisotopic (exact) mass is 411 g/mol. The predicted octanol–water partition coefficient (Wildman–Crippen LogP) is 3.38. The molecule has 0 radical (unpaired) electrons. The molecule has 4 amide bonds. The third kappa shape index (κ3) is 4.09. The summed E-state index contributed by atoms with van der Waals surface area (Å²) in [6, 6.07) is 3.32. The average molecular weight is 411 g/mol. The molecule has 2 N–H and O–H groups in total. The largest absolute Gasteiger partial charge is 0.416 e. The molecule has 1 aromatic rings. The van der Waals surface area contributed by atoms with E-state index in [4.69, 9.17) is 0 Å². The lowest BCUT2D eigenvalue weighted by Crippen LogP contribution is -2.54. The van der Waals surface area contributed by atoms with Gasteiger partial charge in [0.1, 0.15) is 12.1 Å². The molecule has 1 saturated carbocycles. The van der Waals surface area contributed by atoms with Crippen LogP contribution in [0, 0.1) is 5.92 Å². The molecule has 2 fully saturated rings. The van der Waals surface area contributed by atoms with Crippen molar-refractivity contribution in [2.24, 2.45) is 5.92 Å². The number of carbonyl (C=O) groups excluding carboxylic acids is 3. The van der Waals surface area contributed by atoms with Crippen LogP contribution >= 0.6 is 0 Å². The standard InChI is InChI=1S/C20H24F3N3O3/c1-12-5-3-4-10-19(12)17(28)26(18(29)25-19)11-16(27)24-13(2)14-6-8-15(9-7-14)20(21,22)23/h6-9,12-13H,3-5,10-11H2,1-2H3,(H,24,27)(H,25,29)/t12-,13-,19-/m0/s1. The summed E-state index contributed by atoms with van der Waals surface area (Å²) in [7, 11) is 0. The molecule has 9 heteroatoms. The first-order valence-corrected chi connectivity index (χ1v) is 9.65. The topological polar surface area (TPSA) is 78.5 Å². The Morgan fingerprint density at radius 3 is 2.52 bits per heavy atom. The quantitative estimate of drug-likeness (QED) is 0.746. The maximum atomic E-state index is 12.9. The van der Waals surface area contributed by atoms with Crippen molar-refractivity contribution >= 4 is 17.8 Å². The number of nitrogens with zero attached hydrogens (tertiary/aromatic N) is 1. The van der Waals surface area contributed by atoms with E-state index >= 15 is 0 Å². The Labute approximate surface area is 166 Å². The average Bonchev–Trinajstić information content (AvgIpc) is 2.88. The minimum Gasteiger partial charge on any atom is -0.348 e. The molecule has 0 unspecified atom stereocenters. The van der Waals surface area contributed by atoms with Gasteiger partial charge in [-0.1, -0.05) is 31.9 Å². The van der Waals surface area contributed by atoms with E-state index in [0.29, 0.717) is 12.0 Å². The van der Waals surface area contributed by atoms with Crippen LogP contribution in [0.1, 0.15) is 56.7 Å². The molecule has 0 bridgehead atoms. The smallest absolute Gasteiger partial charge is 0.348 e. The van der Waals surface area contributed by atoms with Gasteiger partial charge in [-0.05, 0) is 43.4 Å². The molecule has 1 aliphatic carbocycles. The normalized spacial score (nSPS) is 25.8. The highest BCUT2D eigenvalue weighted by Crippen LogP contribution is 2.38. The van der Waals surface area contributed by atoms with Crippen LogP contribution in [-0.4, -0.2) is 34.8 Å². The Balaban J connectivity index is 1.63. The van der Waals surface area contributed by atoms with Crippen molar-refractivity contribution in [2.75, 3.05) is 6.54 Å². The van der Waals surface area contributed by atoms with Gasteiger partial charge < -0.3 is 10.6 Å². The number of imide groups is 1. The number of benzene rings is 1. The molecular weight excluding hydrogens is 387 g/mol. The Kier molecular flexibility index (Phi) is 5.60. The Bertz CT molecular complexity index is 809.